The van der Waals surface area contributed by atoms with E-state index in [1.165, 1.54) is 12.7 Å². The number of benzene rings is 1. The van der Waals surface area contributed by atoms with Crippen LogP contribution in [0.4, 0.5) is 0 Å². The van der Waals surface area contributed by atoms with Crippen molar-refractivity contribution in [2.24, 2.45) is 10.9 Å². The molecule has 1 aliphatic heterocycles. The molecule has 0 spiro atoms. The summed E-state index contributed by atoms with van der Waals surface area (Å²) in [6.45, 7) is 7.11. The number of hydrogen-bond donors (Lipinski definition) is 1. The number of likely N-dealkylation sites (tertiary alicyclic amines) is 1. The third kappa shape index (κ3) is 5.65. The summed E-state index contributed by atoms with van der Waals surface area (Å²) in [6.07, 6.45) is 1.13. The quantitative estimate of drug-likeness (QED) is 0.328. The third-order valence-corrected chi connectivity index (χ3v) is 4.21. The molecule has 134 valence electrons. The third-order valence-electron chi connectivity index (χ3n) is 4.21. The van der Waals surface area contributed by atoms with Crippen LogP contribution >= 0.6 is 24.0 Å². The molecule has 1 N–H and O–H groups in total. The SMILES string of the molecule is CCNC(=NCC(C)C(=O)OC)N1CCC(c2ccccc2)C1.I. The summed E-state index contributed by atoms with van der Waals surface area (Å²) in [5.74, 6) is 0.995. The van der Waals surface area contributed by atoms with E-state index in [0.717, 1.165) is 32.0 Å². The van der Waals surface area contributed by atoms with Gasteiger partial charge in [0.25, 0.3) is 0 Å². The normalized spacial score (nSPS) is 18.7. The number of carbonyl (C=O) groups excluding carboxylic acids is 1. The molecule has 1 saturated heterocycles. The van der Waals surface area contributed by atoms with E-state index < -0.39 is 0 Å². The molecule has 1 aromatic rings. The lowest BCUT2D eigenvalue weighted by atomic mass is 9.99. The maximum absolute atomic E-state index is 11.5. The van der Waals surface area contributed by atoms with Crippen LogP contribution in [0.1, 0.15) is 31.7 Å². The van der Waals surface area contributed by atoms with Crippen molar-refractivity contribution in [3.63, 3.8) is 0 Å². The van der Waals surface area contributed by atoms with Gasteiger partial charge in [-0.3, -0.25) is 9.79 Å². The average Bonchev–Trinajstić information content (AvgIpc) is 3.08. The highest BCUT2D eigenvalue weighted by Crippen LogP contribution is 2.26. The van der Waals surface area contributed by atoms with Crippen LogP contribution in [0.2, 0.25) is 0 Å². The lowest BCUT2D eigenvalue weighted by molar-refractivity contribution is -0.144. The summed E-state index contributed by atoms with van der Waals surface area (Å²) < 4.78 is 4.76. The van der Waals surface area contributed by atoms with Crippen molar-refractivity contribution in [3.05, 3.63) is 35.9 Å². The fourth-order valence-corrected chi connectivity index (χ4v) is 2.87. The Morgan fingerprint density at radius 3 is 2.75 bits per heavy atom. The second-order valence-corrected chi connectivity index (χ2v) is 5.96. The number of rotatable bonds is 5. The van der Waals surface area contributed by atoms with Gasteiger partial charge in [-0.15, -0.1) is 24.0 Å². The number of esters is 1. The molecular formula is C18H28IN3O2. The maximum atomic E-state index is 11.5. The summed E-state index contributed by atoms with van der Waals surface area (Å²) in [5.41, 5.74) is 1.38. The molecule has 0 aromatic heterocycles. The highest BCUT2D eigenvalue weighted by molar-refractivity contribution is 14.0. The van der Waals surface area contributed by atoms with Crippen molar-refractivity contribution in [3.8, 4) is 0 Å². The molecule has 0 amide bonds. The van der Waals surface area contributed by atoms with E-state index in [9.17, 15) is 4.79 Å². The molecule has 1 aliphatic rings. The van der Waals surface area contributed by atoms with Crippen molar-refractivity contribution in [2.45, 2.75) is 26.2 Å². The molecule has 6 heteroatoms. The predicted octanol–water partition coefficient (Wildman–Crippen LogP) is 2.87. The van der Waals surface area contributed by atoms with Crippen LogP contribution in [0.25, 0.3) is 0 Å². The van der Waals surface area contributed by atoms with Crippen LogP contribution in [0.15, 0.2) is 35.3 Å². The van der Waals surface area contributed by atoms with Crippen LogP contribution in [-0.2, 0) is 9.53 Å². The maximum Gasteiger partial charge on any atom is 0.310 e. The number of hydrogen-bond acceptors (Lipinski definition) is 3. The number of ether oxygens (including phenoxy) is 1. The predicted molar refractivity (Wildman–Crippen MR) is 108 cm³/mol. The fourth-order valence-electron chi connectivity index (χ4n) is 2.87. The lowest BCUT2D eigenvalue weighted by Crippen LogP contribution is -2.40. The van der Waals surface area contributed by atoms with Crippen molar-refractivity contribution in [1.82, 2.24) is 10.2 Å². The van der Waals surface area contributed by atoms with E-state index in [1.54, 1.807) is 0 Å². The lowest BCUT2D eigenvalue weighted by Gasteiger charge is -2.22. The first-order valence-corrected chi connectivity index (χ1v) is 8.31. The number of nitrogens with zero attached hydrogens (tertiary/aromatic N) is 2. The van der Waals surface area contributed by atoms with Gasteiger partial charge in [0.05, 0.1) is 19.6 Å². The summed E-state index contributed by atoms with van der Waals surface area (Å²) in [7, 11) is 1.42. The molecule has 2 unspecified atom stereocenters. The smallest absolute Gasteiger partial charge is 0.310 e. The van der Waals surface area contributed by atoms with Crippen LogP contribution in [-0.4, -0.2) is 50.1 Å². The molecule has 24 heavy (non-hydrogen) atoms. The zero-order chi connectivity index (χ0) is 16.7. The summed E-state index contributed by atoms with van der Waals surface area (Å²) in [5, 5.41) is 3.33. The Morgan fingerprint density at radius 2 is 2.12 bits per heavy atom. The molecule has 2 rings (SSSR count). The van der Waals surface area contributed by atoms with Gasteiger partial charge in [0.2, 0.25) is 0 Å². The van der Waals surface area contributed by atoms with E-state index in [0.29, 0.717) is 12.5 Å². The van der Waals surface area contributed by atoms with Gasteiger partial charge in [-0.1, -0.05) is 37.3 Å². The zero-order valence-electron chi connectivity index (χ0n) is 14.7. The van der Waals surface area contributed by atoms with Crippen LogP contribution in [0, 0.1) is 5.92 Å². The van der Waals surface area contributed by atoms with Crippen LogP contribution < -0.4 is 5.32 Å². The average molecular weight is 445 g/mol. The Bertz CT molecular complexity index is 536. The molecule has 0 saturated carbocycles. The van der Waals surface area contributed by atoms with Gasteiger partial charge in [-0.2, -0.15) is 0 Å². The summed E-state index contributed by atoms with van der Waals surface area (Å²) in [4.78, 5) is 18.4. The molecule has 5 nitrogen and oxygen atoms in total. The number of aliphatic imine (C=N–C) groups is 1. The van der Waals surface area contributed by atoms with E-state index in [2.05, 4.69) is 52.5 Å². The Morgan fingerprint density at radius 1 is 1.42 bits per heavy atom. The largest absolute Gasteiger partial charge is 0.469 e. The van der Waals surface area contributed by atoms with Gasteiger partial charge < -0.3 is 15.0 Å². The minimum absolute atomic E-state index is 0. The topological polar surface area (TPSA) is 53.9 Å². The first-order valence-electron chi connectivity index (χ1n) is 8.31. The molecule has 0 radical (unpaired) electrons. The van der Waals surface area contributed by atoms with Gasteiger partial charge in [0, 0.05) is 25.6 Å². The molecular weight excluding hydrogens is 417 g/mol. The fraction of sp³-hybridized carbons (Fsp3) is 0.556. The first-order chi connectivity index (χ1) is 11.2. The van der Waals surface area contributed by atoms with Crippen LogP contribution in [0.5, 0.6) is 0 Å². The Kier molecular flexibility index (Phi) is 9.10. The zero-order valence-corrected chi connectivity index (χ0v) is 17.0. The summed E-state index contributed by atoms with van der Waals surface area (Å²) in [6, 6.07) is 10.6. The molecule has 1 aromatic carbocycles. The first kappa shape index (κ1) is 20.7. The number of nitrogens with one attached hydrogen (secondary N) is 1. The minimum atomic E-state index is -0.221. The van der Waals surface area contributed by atoms with E-state index in [-0.39, 0.29) is 35.9 Å². The second kappa shape index (κ2) is 10.5. The number of methoxy groups -OCH3 is 1. The number of guanidine groups is 1. The Hall–Kier alpha value is -1.31. The molecule has 0 aliphatic carbocycles. The van der Waals surface area contributed by atoms with Gasteiger partial charge in [0.15, 0.2) is 5.96 Å². The monoisotopic (exact) mass is 445 g/mol. The minimum Gasteiger partial charge on any atom is -0.469 e. The van der Waals surface area contributed by atoms with E-state index >= 15 is 0 Å². The van der Waals surface area contributed by atoms with Gasteiger partial charge in [0.1, 0.15) is 0 Å². The Balaban J connectivity index is 0.00000288. The molecule has 2 atom stereocenters. The second-order valence-electron chi connectivity index (χ2n) is 5.96. The van der Waals surface area contributed by atoms with E-state index in [1.807, 2.05) is 6.92 Å². The van der Waals surface area contributed by atoms with Crippen molar-refractivity contribution >= 4 is 35.9 Å². The number of carbonyl (C=O) groups is 1. The Labute approximate surface area is 161 Å². The van der Waals surface area contributed by atoms with Gasteiger partial charge in [-0.05, 0) is 18.9 Å². The standard InChI is InChI=1S/C18H27N3O2.HI/c1-4-19-18(20-12-14(2)17(22)23-3)21-11-10-16(13-21)15-8-6-5-7-9-15;/h5-9,14,16H,4,10-13H2,1-3H3,(H,19,20);1H. The molecule has 1 fully saturated rings. The van der Waals surface area contributed by atoms with Crippen molar-refractivity contribution in [2.75, 3.05) is 33.3 Å². The number of halogens is 1. The molecule has 1 heterocycles. The molecule has 0 bridgehead atoms. The van der Waals surface area contributed by atoms with Crippen molar-refractivity contribution in [1.29, 1.82) is 0 Å². The summed E-state index contributed by atoms with van der Waals surface area (Å²) >= 11 is 0. The highest BCUT2D eigenvalue weighted by atomic mass is 127. The van der Waals surface area contributed by atoms with Crippen molar-refractivity contribution < 1.29 is 9.53 Å². The highest BCUT2D eigenvalue weighted by Gasteiger charge is 2.26. The van der Waals surface area contributed by atoms with Gasteiger partial charge in [-0.25, -0.2) is 0 Å². The van der Waals surface area contributed by atoms with E-state index in [4.69, 9.17) is 4.74 Å². The van der Waals surface area contributed by atoms with Gasteiger partial charge >= 0.3 is 5.97 Å². The van der Waals surface area contributed by atoms with Crippen LogP contribution in [0.3, 0.4) is 0 Å².